The van der Waals surface area contributed by atoms with Crippen LogP contribution in [0.3, 0.4) is 0 Å². The minimum atomic E-state index is -0.300. The van der Waals surface area contributed by atoms with Crippen molar-refractivity contribution in [1.82, 2.24) is 4.57 Å². The highest BCUT2D eigenvalue weighted by atomic mass is 35.5. The maximum atomic E-state index is 12.9. The molecule has 4 nitrogen and oxygen atoms in total. The minimum Gasteiger partial charge on any atom is -0.490 e. The lowest BCUT2D eigenvalue weighted by molar-refractivity contribution is 0.317. The van der Waals surface area contributed by atoms with Gasteiger partial charge in [0.25, 0.3) is 5.56 Å². The van der Waals surface area contributed by atoms with E-state index in [2.05, 4.69) is 0 Å². The van der Waals surface area contributed by atoms with Crippen molar-refractivity contribution in [2.24, 2.45) is 0 Å². The van der Waals surface area contributed by atoms with E-state index < -0.39 is 0 Å². The van der Waals surface area contributed by atoms with Gasteiger partial charge in [0.05, 0.1) is 13.2 Å². The Hall–Kier alpha value is -2.43. The molecule has 0 aliphatic heterocycles. The molecule has 0 bridgehead atoms. The van der Waals surface area contributed by atoms with Crippen molar-refractivity contribution >= 4 is 23.2 Å². The van der Waals surface area contributed by atoms with E-state index >= 15 is 0 Å². The molecule has 0 radical (unpaired) electrons. The molecule has 0 unspecified atom stereocenters. The molecule has 3 rings (SSSR count). The Balaban J connectivity index is 1.99. The summed E-state index contributed by atoms with van der Waals surface area (Å²) in [4.78, 5) is 12.9. The Bertz CT molecular complexity index is 955. The van der Waals surface area contributed by atoms with Gasteiger partial charge in [0.1, 0.15) is 5.75 Å². The zero-order chi connectivity index (χ0) is 18.5. The van der Waals surface area contributed by atoms with E-state index in [1.54, 1.807) is 42.6 Å². The van der Waals surface area contributed by atoms with Crippen molar-refractivity contribution in [3.63, 3.8) is 0 Å². The van der Waals surface area contributed by atoms with Crippen LogP contribution in [0.25, 0.3) is 0 Å². The van der Waals surface area contributed by atoms with E-state index in [1.807, 2.05) is 25.1 Å². The first-order valence-electron chi connectivity index (χ1n) is 8.11. The van der Waals surface area contributed by atoms with Gasteiger partial charge < -0.3 is 14.0 Å². The summed E-state index contributed by atoms with van der Waals surface area (Å²) in [5, 5.41) is 1.05. The highest BCUT2D eigenvalue weighted by molar-refractivity contribution is 6.35. The molecule has 0 spiro atoms. The van der Waals surface area contributed by atoms with Gasteiger partial charge in [-0.1, -0.05) is 47.5 Å². The third kappa shape index (κ3) is 4.21. The van der Waals surface area contributed by atoms with Crippen LogP contribution in [0.2, 0.25) is 10.0 Å². The molecule has 0 saturated heterocycles. The van der Waals surface area contributed by atoms with E-state index in [0.717, 1.165) is 5.56 Å². The molecule has 6 heteroatoms. The number of aromatic nitrogens is 1. The van der Waals surface area contributed by atoms with E-state index in [1.165, 1.54) is 4.57 Å². The third-order valence-corrected chi connectivity index (χ3v) is 4.29. The monoisotopic (exact) mass is 389 g/mol. The predicted molar refractivity (Wildman–Crippen MR) is 104 cm³/mol. The molecule has 0 fully saturated rings. The Labute approximate surface area is 161 Å². The number of para-hydroxylation sites is 1. The molecule has 1 heterocycles. The van der Waals surface area contributed by atoms with Gasteiger partial charge in [-0.3, -0.25) is 4.79 Å². The van der Waals surface area contributed by atoms with Gasteiger partial charge in [0.15, 0.2) is 5.75 Å². The first-order valence-corrected chi connectivity index (χ1v) is 8.87. The lowest BCUT2D eigenvalue weighted by Gasteiger charge is -2.14. The summed E-state index contributed by atoms with van der Waals surface area (Å²) in [6.45, 7) is 2.58. The summed E-state index contributed by atoms with van der Waals surface area (Å²) in [6, 6.07) is 16.0. The maximum absolute atomic E-state index is 12.9. The molecule has 0 saturated carbocycles. The Morgan fingerprint density at radius 2 is 1.81 bits per heavy atom. The molecule has 0 aliphatic rings. The van der Waals surface area contributed by atoms with Crippen molar-refractivity contribution in [2.45, 2.75) is 13.5 Å². The molecule has 3 aromatic rings. The Kier molecular flexibility index (Phi) is 5.86. The minimum absolute atomic E-state index is 0.144. The van der Waals surface area contributed by atoms with Gasteiger partial charge in [-0.25, -0.2) is 0 Å². The number of nitrogens with zero attached hydrogens (tertiary/aromatic N) is 1. The molecular weight excluding hydrogens is 373 g/mol. The first-order chi connectivity index (χ1) is 12.6. The van der Waals surface area contributed by atoms with Crippen LogP contribution >= 0.6 is 23.2 Å². The number of ether oxygens (including phenoxy) is 2. The fraction of sp³-hybridized carbons (Fsp3) is 0.150. The number of hydrogen-bond donors (Lipinski definition) is 0. The Morgan fingerprint density at radius 3 is 2.50 bits per heavy atom. The lowest BCUT2D eigenvalue weighted by Crippen LogP contribution is -2.22. The summed E-state index contributed by atoms with van der Waals surface area (Å²) < 4.78 is 12.9. The average Bonchev–Trinajstić information content (AvgIpc) is 2.63. The second kappa shape index (κ2) is 8.30. The van der Waals surface area contributed by atoms with Gasteiger partial charge in [0.2, 0.25) is 5.75 Å². The second-order valence-corrected chi connectivity index (χ2v) is 6.37. The summed E-state index contributed by atoms with van der Waals surface area (Å²) in [6.07, 6.45) is 1.66. The number of benzene rings is 2. The summed E-state index contributed by atoms with van der Waals surface area (Å²) in [5.41, 5.74) is 0.485. The van der Waals surface area contributed by atoms with Gasteiger partial charge in [-0.2, -0.15) is 0 Å². The average molecular weight is 390 g/mol. The van der Waals surface area contributed by atoms with Crippen LogP contribution in [0.4, 0.5) is 0 Å². The largest absolute Gasteiger partial charge is 0.490 e. The summed E-state index contributed by atoms with van der Waals surface area (Å²) in [5.74, 6) is 1.11. The van der Waals surface area contributed by atoms with Crippen molar-refractivity contribution in [2.75, 3.05) is 6.61 Å². The van der Waals surface area contributed by atoms with Gasteiger partial charge in [-0.15, -0.1) is 0 Å². The van der Waals surface area contributed by atoms with E-state index in [4.69, 9.17) is 32.7 Å². The topological polar surface area (TPSA) is 40.5 Å². The van der Waals surface area contributed by atoms with Crippen LogP contribution in [-0.2, 0) is 6.54 Å². The number of pyridine rings is 1. The third-order valence-electron chi connectivity index (χ3n) is 3.70. The highest BCUT2D eigenvalue weighted by Crippen LogP contribution is 2.28. The molecule has 2 aromatic carbocycles. The maximum Gasteiger partial charge on any atom is 0.297 e. The van der Waals surface area contributed by atoms with Crippen LogP contribution < -0.4 is 15.0 Å². The van der Waals surface area contributed by atoms with Crippen molar-refractivity contribution < 1.29 is 9.47 Å². The summed E-state index contributed by atoms with van der Waals surface area (Å²) in [7, 11) is 0. The zero-order valence-corrected chi connectivity index (χ0v) is 15.6. The fourth-order valence-electron chi connectivity index (χ4n) is 2.46. The van der Waals surface area contributed by atoms with Gasteiger partial charge >= 0.3 is 0 Å². The van der Waals surface area contributed by atoms with Crippen LogP contribution in [0.5, 0.6) is 17.2 Å². The SMILES string of the molecule is CCOc1ccn(Cc2ccc(Cl)cc2Cl)c(=O)c1Oc1ccccc1. The van der Waals surface area contributed by atoms with Crippen LogP contribution in [-0.4, -0.2) is 11.2 Å². The Morgan fingerprint density at radius 1 is 1.04 bits per heavy atom. The predicted octanol–water partition coefficient (Wildman–Crippen LogP) is 5.39. The number of halogens is 2. The standard InChI is InChI=1S/C20H17Cl2NO3/c1-2-25-18-10-11-23(13-14-8-9-15(21)12-17(14)22)20(24)19(18)26-16-6-4-3-5-7-16/h3-12H,2,13H2,1H3. The highest BCUT2D eigenvalue weighted by Gasteiger charge is 2.15. The van der Waals surface area contributed by atoms with Crippen LogP contribution in [0.1, 0.15) is 12.5 Å². The van der Waals surface area contributed by atoms with Crippen LogP contribution in [0.15, 0.2) is 65.6 Å². The van der Waals surface area contributed by atoms with Gasteiger partial charge in [-0.05, 0) is 36.8 Å². The van der Waals surface area contributed by atoms with Crippen molar-refractivity contribution in [1.29, 1.82) is 0 Å². The summed E-state index contributed by atoms with van der Waals surface area (Å²) >= 11 is 12.2. The zero-order valence-electron chi connectivity index (χ0n) is 14.1. The van der Waals surface area contributed by atoms with E-state index in [9.17, 15) is 4.79 Å². The van der Waals surface area contributed by atoms with E-state index in [0.29, 0.717) is 34.7 Å². The second-order valence-electron chi connectivity index (χ2n) is 5.53. The number of rotatable bonds is 6. The molecule has 0 N–H and O–H groups in total. The molecule has 0 atom stereocenters. The molecule has 0 amide bonds. The molecule has 134 valence electrons. The van der Waals surface area contributed by atoms with Crippen LogP contribution in [0, 0.1) is 0 Å². The fourth-order valence-corrected chi connectivity index (χ4v) is 2.93. The molecule has 1 aromatic heterocycles. The molecule has 26 heavy (non-hydrogen) atoms. The quantitative estimate of drug-likeness (QED) is 0.566. The lowest BCUT2D eigenvalue weighted by atomic mass is 10.2. The smallest absolute Gasteiger partial charge is 0.297 e. The first kappa shape index (κ1) is 18.4. The molecular formula is C20H17Cl2NO3. The normalized spacial score (nSPS) is 10.6. The van der Waals surface area contributed by atoms with Crippen molar-refractivity contribution in [3.05, 3.63) is 86.8 Å². The van der Waals surface area contributed by atoms with E-state index in [-0.39, 0.29) is 11.3 Å². The van der Waals surface area contributed by atoms with Crippen molar-refractivity contribution in [3.8, 4) is 17.2 Å². The molecule has 0 aliphatic carbocycles. The van der Waals surface area contributed by atoms with Gasteiger partial charge in [0, 0.05) is 22.3 Å². The number of hydrogen-bond acceptors (Lipinski definition) is 3.